The molecule has 0 spiro atoms. The smallest absolute Gasteiger partial charge is 0.258 e. The van der Waals surface area contributed by atoms with Crippen LogP contribution < -0.4 is 10.6 Å². The van der Waals surface area contributed by atoms with Gasteiger partial charge in [0.2, 0.25) is 0 Å². The number of carbonyl (C=O) groups is 2. The Morgan fingerprint density at radius 2 is 1.59 bits per heavy atom. The van der Waals surface area contributed by atoms with Gasteiger partial charge in [-0.3, -0.25) is 9.59 Å². The fraction of sp³-hybridized carbons (Fsp3) is 0.0909. The summed E-state index contributed by atoms with van der Waals surface area (Å²) in [5.41, 5.74) is 1.58. The number of hydroxylamine groups is 2. The lowest BCUT2D eigenvalue weighted by atomic mass is 10.1. The molecule has 0 heterocycles. The van der Waals surface area contributed by atoms with E-state index in [1.165, 1.54) is 19.2 Å². The van der Waals surface area contributed by atoms with Crippen LogP contribution in [0.1, 0.15) is 26.3 Å². The lowest BCUT2D eigenvalue weighted by Gasteiger charge is -2.16. The molecule has 10 heteroatoms. The van der Waals surface area contributed by atoms with E-state index in [-0.39, 0.29) is 28.4 Å². The number of hydrogen-bond donors (Lipinski definition) is 4. The van der Waals surface area contributed by atoms with Crippen molar-refractivity contribution >= 4 is 70.6 Å². The number of rotatable bonds is 6. The second kappa shape index (κ2) is 10.6. The van der Waals surface area contributed by atoms with Crippen LogP contribution in [0.4, 0.5) is 11.4 Å². The van der Waals surface area contributed by atoms with Crippen LogP contribution in [0.2, 0.25) is 15.1 Å². The lowest BCUT2D eigenvalue weighted by molar-refractivity contribution is -0.0731. The highest BCUT2D eigenvalue weighted by atomic mass is 35.5. The predicted octanol–water partition coefficient (Wildman–Crippen LogP) is 6.26. The summed E-state index contributed by atoms with van der Waals surface area (Å²) in [7, 11) is 1.46. The first-order valence-corrected chi connectivity index (χ1v) is 10.8. The molecule has 166 valence electrons. The van der Waals surface area contributed by atoms with Gasteiger partial charge in [-0.15, -0.1) is 12.6 Å². The SMILES string of the molecule is CN(O)Cc1ccc(S)c(C(=O)Nc2ccc(Cl)cc2C(=O)Nc2ccc(Cl)cc2)c1Cl. The summed E-state index contributed by atoms with van der Waals surface area (Å²) in [6.07, 6.45) is 0. The van der Waals surface area contributed by atoms with Gasteiger partial charge in [0.05, 0.1) is 28.4 Å². The molecule has 3 N–H and O–H groups in total. The highest BCUT2D eigenvalue weighted by Gasteiger charge is 2.21. The Bertz CT molecular complexity index is 1170. The van der Waals surface area contributed by atoms with Crippen LogP contribution in [0.15, 0.2) is 59.5 Å². The molecule has 32 heavy (non-hydrogen) atoms. The molecule has 0 aromatic heterocycles. The van der Waals surface area contributed by atoms with E-state index in [9.17, 15) is 14.8 Å². The Morgan fingerprint density at radius 1 is 0.938 bits per heavy atom. The molecule has 3 rings (SSSR count). The van der Waals surface area contributed by atoms with Gasteiger partial charge in [-0.1, -0.05) is 40.9 Å². The standard InChI is InChI=1S/C22H18Cl3N3O3S/c1-28(31)11-12-2-9-18(32)19(20(12)25)22(30)27-17-8-5-14(24)10-16(17)21(29)26-15-6-3-13(23)4-7-15/h2-10,31-32H,11H2,1H3,(H,26,29)(H,27,30). The van der Waals surface area contributed by atoms with Crippen molar-refractivity contribution in [3.8, 4) is 0 Å². The zero-order valence-electron chi connectivity index (χ0n) is 16.7. The van der Waals surface area contributed by atoms with E-state index in [2.05, 4.69) is 23.3 Å². The summed E-state index contributed by atoms with van der Waals surface area (Å²) < 4.78 is 0. The van der Waals surface area contributed by atoms with Gasteiger partial charge < -0.3 is 15.8 Å². The molecule has 0 fully saturated rings. The number of nitrogens with zero attached hydrogens (tertiary/aromatic N) is 1. The summed E-state index contributed by atoms with van der Waals surface area (Å²) in [5, 5.41) is 16.9. The molecule has 0 radical (unpaired) electrons. The first kappa shape index (κ1) is 24.4. The Kier molecular flexibility index (Phi) is 8.05. The number of halogens is 3. The van der Waals surface area contributed by atoms with Gasteiger partial charge in [0, 0.05) is 27.7 Å². The van der Waals surface area contributed by atoms with Crippen molar-refractivity contribution in [1.82, 2.24) is 5.06 Å². The maximum Gasteiger partial charge on any atom is 0.258 e. The molecule has 2 amide bonds. The molecule has 0 saturated heterocycles. The molecule has 3 aromatic carbocycles. The van der Waals surface area contributed by atoms with E-state index >= 15 is 0 Å². The molecular formula is C22H18Cl3N3O3S. The van der Waals surface area contributed by atoms with Crippen LogP contribution >= 0.6 is 47.4 Å². The third kappa shape index (κ3) is 5.95. The number of nitrogens with one attached hydrogen (secondary N) is 2. The van der Waals surface area contributed by atoms with Gasteiger partial charge in [0.1, 0.15) is 0 Å². The Balaban J connectivity index is 1.90. The first-order valence-electron chi connectivity index (χ1n) is 9.24. The van der Waals surface area contributed by atoms with Crippen LogP contribution in [-0.2, 0) is 6.54 Å². The minimum atomic E-state index is -0.565. The van der Waals surface area contributed by atoms with Crippen LogP contribution in [0.3, 0.4) is 0 Å². The molecule has 0 unspecified atom stereocenters. The highest BCUT2D eigenvalue weighted by Crippen LogP contribution is 2.30. The van der Waals surface area contributed by atoms with Crippen molar-refractivity contribution in [3.63, 3.8) is 0 Å². The first-order chi connectivity index (χ1) is 15.2. The van der Waals surface area contributed by atoms with E-state index in [0.717, 1.165) is 5.06 Å². The molecular weight excluding hydrogens is 493 g/mol. The fourth-order valence-corrected chi connectivity index (χ4v) is 3.89. The van der Waals surface area contributed by atoms with E-state index in [0.29, 0.717) is 26.2 Å². The molecule has 0 atom stereocenters. The maximum atomic E-state index is 13.0. The van der Waals surface area contributed by atoms with Gasteiger partial charge in [-0.25, -0.2) is 0 Å². The summed E-state index contributed by atoms with van der Waals surface area (Å²) >= 11 is 22.7. The van der Waals surface area contributed by atoms with Crippen LogP contribution in [0.25, 0.3) is 0 Å². The predicted molar refractivity (Wildman–Crippen MR) is 131 cm³/mol. The molecule has 6 nitrogen and oxygen atoms in total. The van der Waals surface area contributed by atoms with Gasteiger partial charge in [0.15, 0.2) is 0 Å². The maximum absolute atomic E-state index is 13.0. The fourth-order valence-electron chi connectivity index (χ4n) is 2.92. The van der Waals surface area contributed by atoms with Crippen LogP contribution in [0, 0.1) is 0 Å². The average Bonchev–Trinajstić information content (AvgIpc) is 2.73. The normalized spacial score (nSPS) is 10.8. The van der Waals surface area contributed by atoms with Gasteiger partial charge >= 0.3 is 0 Å². The van der Waals surface area contributed by atoms with Gasteiger partial charge in [-0.2, -0.15) is 5.06 Å². The zero-order chi connectivity index (χ0) is 23.4. The van der Waals surface area contributed by atoms with E-state index in [1.807, 2.05) is 0 Å². The Labute approximate surface area is 205 Å². The summed E-state index contributed by atoms with van der Waals surface area (Å²) in [6, 6.07) is 14.4. The van der Waals surface area contributed by atoms with Crippen molar-refractivity contribution in [2.45, 2.75) is 11.4 Å². The monoisotopic (exact) mass is 509 g/mol. The number of anilines is 2. The molecule has 0 bridgehead atoms. The number of carbonyl (C=O) groups excluding carboxylic acids is 2. The van der Waals surface area contributed by atoms with E-state index < -0.39 is 11.8 Å². The van der Waals surface area contributed by atoms with Gasteiger partial charge in [0.25, 0.3) is 11.8 Å². The molecule has 0 aliphatic heterocycles. The van der Waals surface area contributed by atoms with Crippen molar-refractivity contribution in [3.05, 3.63) is 86.4 Å². The second-order valence-corrected chi connectivity index (χ2v) is 8.59. The number of amides is 2. The van der Waals surface area contributed by atoms with Crippen molar-refractivity contribution < 1.29 is 14.8 Å². The minimum absolute atomic E-state index is 0.114. The quantitative estimate of drug-likeness (QED) is 0.233. The third-order valence-electron chi connectivity index (χ3n) is 4.40. The zero-order valence-corrected chi connectivity index (χ0v) is 19.9. The van der Waals surface area contributed by atoms with Crippen LogP contribution in [0.5, 0.6) is 0 Å². The van der Waals surface area contributed by atoms with Crippen LogP contribution in [-0.4, -0.2) is 29.1 Å². The van der Waals surface area contributed by atoms with Crippen molar-refractivity contribution in [2.75, 3.05) is 17.7 Å². The lowest BCUT2D eigenvalue weighted by Crippen LogP contribution is -2.20. The van der Waals surface area contributed by atoms with E-state index in [4.69, 9.17) is 34.8 Å². The topological polar surface area (TPSA) is 81.7 Å². The van der Waals surface area contributed by atoms with Crippen molar-refractivity contribution in [1.29, 1.82) is 0 Å². The summed E-state index contributed by atoms with van der Waals surface area (Å²) in [6.45, 7) is 0.114. The number of thiol groups is 1. The molecule has 3 aromatic rings. The van der Waals surface area contributed by atoms with Crippen molar-refractivity contribution in [2.24, 2.45) is 0 Å². The average molecular weight is 511 g/mol. The Hall–Kier alpha value is -2.26. The van der Waals surface area contributed by atoms with Gasteiger partial charge in [-0.05, 0) is 54.1 Å². The second-order valence-electron chi connectivity index (χ2n) is 6.85. The molecule has 0 aliphatic rings. The number of benzene rings is 3. The third-order valence-corrected chi connectivity index (χ3v) is 5.69. The summed E-state index contributed by atoms with van der Waals surface area (Å²) in [4.78, 5) is 26.3. The minimum Gasteiger partial charge on any atom is -0.322 e. The van der Waals surface area contributed by atoms with E-state index in [1.54, 1.807) is 42.5 Å². The highest BCUT2D eigenvalue weighted by molar-refractivity contribution is 7.80. The molecule has 0 aliphatic carbocycles. The largest absolute Gasteiger partial charge is 0.322 e. The molecule has 0 saturated carbocycles. The number of hydrogen-bond acceptors (Lipinski definition) is 5. The summed E-state index contributed by atoms with van der Waals surface area (Å²) in [5.74, 6) is -1.04. The Morgan fingerprint density at radius 3 is 2.25 bits per heavy atom.